The lowest BCUT2D eigenvalue weighted by Gasteiger charge is -2.15. The van der Waals surface area contributed by atoms with E-state index in [9.17, 15) is 9.59 Å². The average molecular weight is 382 g/mol. The van der Waals surface area contributed by atoms with Gasteiger partial charge in [-0.3, -0.25) is 14.5 Å². The molecule has 1 saturated heterocycles. The van der Waals surface area contributed by atoms with E-state index in [1.165, 1.54) is 89.9 Å². The van der Waals surface area contributed by atoms with E-state index in [1.54, 1.807) is 0 Å². The molecular weight excluding hydrogens is 338 g/mol. The molecule has 1 heterocycles. The van der Waals surface area contributed by atoms with Crippen molar-refractivity contribution in [2.75, 3.05) is 19.6 Å². The standard InChI is InChI=1S/C22H43N3O2/c1-2-3-4-5-6-7-8-9-10-11-12-13-14-15-16-25-17-21(23-19-26)22(18-25)24-20-27/h19-22H,2-18H2,1H3,(H,23,26)(H,24,27). The number of likely N-dealkylation sites (tertiary alicyclic amines) is 1. The van der Waals surface area contributed by atoms with Gasteiger partial charge in [0.05, 0.1) is 12.1 Å². The van der Waals surface area contributed by atoms with Crippen LogP contribution in [0.3, 0.4) is 0 Å². The second-order valence-corrected chi connectivity index (χ2v) is 8.14. The summed E-state index contributed by atoms with van der Waals surface area (Å²) in [5.74, 6) is 0. The number of rotatable bonds is 19. The molecule has 27 heavy (non-hydrogen) atoms. The number of unbranched alkanes of at least 4 members (excludes halogenated alkanes) is 13. The molecule has 0 aliphatic carbocycles. The molecule has 2 amide bonds. The van der Waals surface area contributed by atoms with Crippen molar-refractivity contribution in [1.82, 2.24) is 15.5 Å². The van der Waals surface area contributed by atoms with Crippen molar-refractivity contribution in [3.05, 3.63) is 0 Å². The Morgan fingerprint density at radius 2 is 1.04 bits per heavy atom. The molecule has 0 aromatic rings. The van der Waals surface area contributed by atoms with Gasteiger partial charge in [0.1, 0.15) is 0 Å². The Morgan fingerprint density at radius 1 is 0.667 bits per heavy atom. The minimum atomic E-state index is 0.0411. The van der Waals surface area contributed by atoms with Gasteiger partial charge in [-0.2, -0.15) is 0 Å². The van der Waals surface area contributed by atoms with Crippen LogP contribution in [0.15, 0.2) is 0 Å². The summed E-state index contributed by atoms with van der Waals surface area (Å²) < 4.78 is 0. The van der Waals surface area contributed by atoms with E-state index in [4.69, 9.17) is 0 Å². The molecule has 2 N–H and O–H groups in total. The summed E-state index contributed by atoms with van der Waals surface area (Å²) in [6, 6.07) is 0.0821. The summed E-state index contributed by atoms with van der Waals surface area (Å²) in [6.07, 6.45) is 20.8. The molecule has 5 heteroatoms. The topological polar surface area (TPSA) is 61.4 Å². The first-order valence-corrected chi connectivity index (χ1v) is 11.4. The highest BCUT2D eigenvalue weighted by Crippen LogP contribution is 2.14. The molecule has 2 unspecified atom stereocenters. The quantitative estimate of drug-likeness (QED) is 0.262. The highest BCUT2D eigenvalue weighted by Gasteiger charge is 2.31. The van der Waals surface area contributed by atoms with Gasteiger partial charge in [-0.1, -0.05) is 90.4 Å². The van der Waals surface area contributed by atoms with Crippen molar-refractivity contribution < 1.29 is 9.59 Å². The van der Waals surface area contributed by atoms with E-state index in [1.807, 2.05) is 0 Å². The van der Waals surface area contributed by atoms with Crippen LogP contribution in [0, 0.1) is 0 Å². The van der Waals surface area contributed by atoms with Crippen molar-refractivity contribution in [3.8, 4) is 0 Å². The molecule has 0 aromatic heterocycles. The Labute approximate surface area is 167 Å². The van der Waals surface area contributed by atoms with Crippen molar-refractivity contribution in [3.63, 3.8) is 0 Å². The molecule has 0 aromatic carbocycles. The first-order chi connectivity index (χ1) is 13.3. The highest BCUT2D eigenvalue weighted by atomic mass is 16.1. The first kappa shape index (κ1) is 23.9. The third kappa shape index (κ3) is 12.1. The van der Waals surface area contributed by atoms with E-state index in [0.29, 0.717) is 0 Å². The lowest BCUT2D eigenvalue weighted by atomic mass is 10.0. The predicted octanol–water partition coefficient (Wildman–Crippen LogP) is 4.01. The van der Waals surface area contributed by atoms with Crippen LogP contribution in [0.4, 0.5) is 0 Å². The third-order valence-electron chi connectivity index (χ3n) is 5.79. The molecule has 1 rings (SSSR count). The Bertz CT molecular complexity index is 347. The van der Waals surface area contributed by atoms with Gasteiger partial charge < -0.3 is 10.6 Å². The van der Waals surface area contributed by atoms with E-state index in [0.717, 1.165) is 32.5 Å². The molecule has 2 atom stereocenters. The lowest BCUT2D eigenvalue weighted by Crippen LogP contribution is -2.46. The van der Waals surface area contributed by atoms with E-state index in [2.05, 4.69) is 22.5 Å². The Balaban J connectivity index is 1.87. The van der Waals surface area contributed by atoms with Crippen molar-refractivity contribution in [2.45, 2.75) is 109 Å². The molecule has 1 fully saturated rings. The zero-order valence-corrected chi connectivity index (χ0v) is 17.6. The van der Waals surface area contributed by atoms with Crippen LogP contribution in [-0.4, -0.2) is 49.4 Å². The first-order valence-electron chi connectivity index (χ1n) is 11.4. The van der Waals surface area contributed by atoms with Gasteiger partial charge in [0, 0.05) is 13.1 Å². The van der Waals surface area contributed by atoms with Crippen LogP contribution < -0.4 is 10.6 Å². The predicted molar refractivity (Wildman–Crippen MR) is 113 cm³/mol. The van der Waals surface area contributed by atoms with Crippen LogP contribution in [0.25, 0.3) is 0 Å². The lowest BCUT2D eigenvalue weighted by molar-refractivity contribution is -0.112. The van der Waals surface area contributed by atoms with E-state index < -0.39 is 0 Å². The number of hydrogen-bond acceptors (Lipinski definition) is 3. The minimum Gasteiger partial charge on any atom is -0.353 e. The number of hydrogen-bond donors (Lipinski definition) is 2. The van der Waals surface area contributed by atoms with Crippen LogP contribution in [-0.2, 0) is 9.59 Å². The zero-order valence-electron chi connectivity index (χ0n) is 17.6. The maximum Gasteiger partial charge on any atom is 0.207 e. The molecule has 1 aliphatic rings. The zero-order chi connectivity index (χ0) is 19.6. The molecule has 5 nitrogen and oxygen atoms in total. The molecule has 1 aliphatic heterocycles. The monoisotopic (exact) mass is 381 g/mol. The van der Waals surface area contributed by atoms with Crippen LogP contribution >= 0.6 is 0 Å². The number of amides is 2. The second-order valence-electron chi connectivity index (χ2n) is 8.14. The van der Waals surface area contributed by atoms with Gasteiger partial charge in [-0.25, -0.2) is 0 Å². The summed E-state index contributed by atoms with van der Waals surface area (Å²) in [5, 5.41) is 5.63. The van der Waals surface area contributed by atoms with Crippen molar-refractivity contribution in [1.29, 1.82) is 0 Å². The van der Waals surface area contributed by atoms with E-state index in [-0.39, 0.29) is 12.1 Å². The summed E-state index contributed by atoms with van der Waals surface area (Å²) >= 11 is 0. The Morgan fingerprint density at radius 3 is 1.41 bits per heavy atom. The van der Waals surface area contributed by atoms with Crippen molar-refractivity contribution >= 4 is 12.8 Å². The summed E-state index contributed by atoms with van der Waals surface area (Å²) in [6.45, 7) is 5.01. The van der Waals surface area contributed by atoms with Gasteiger partial charge >= 0.3 is 0 Å². The Hall–Kier alpha value is -1.10. The SMILES string of the molecule is CCCCCCCCCCCCCCCCN1CC(NC=O)C(NC=O)C1. The Kier molecular flexibility index (Phi) is 15.1. The molecular formula is C22H43N3O2. The largest absolute Gasteiger partial charge is 0.353 e. The van der Waals surface area contributed by atoms with Gasteiger partial charge in [0.25, 0.3) is 0 Å². The number of carbonyl (C=O) groups is 2. The maximum atomic E-state index is 10.7. The molecule has 0 bridgehead atoms. The number of nitrogens with one attached hydrogen (secondary N) is 2. The molecule has 0 radical (unpaired) electrons. The van der Waals surface area contributed by atoms with Gasteiger partial charge in [-0.05, 0) is 13.0 Å². The summed E-state index contributed by atoms with van der Waals surface area (Å²) in [5.41, 5.74) is 0. The van der Waals surface area contributed by atoms with Crippen LogP contribution in [0.5, 0.6) is 0 Å². The fraction of sp³-hybridized carbons (Fsp3) is 0.909. The maximum absolute atomic E-state index is 10.7. The minimum absolute atomic E-state index is 0.0411. The van der Waals surface area contributed by atoms with Crippen molar-refractivity contribution in [2.24, 2.45) is 0 Å². The van der Waals surface area contributed by atoms with Gasteiger partial charge in [0.2, 0.25) is 12.8 Å². The number of nitrogens with zero attached hydrogens (tertiary/aromatic N) is 1. The smallest absolute Gasteiger partial charge is 0.207 e. The molecule has 0 spiro atoms. The van der Waals surface area contributed by atoms with Gasteiger partial charge in [-0.15, -0.1) is 0 Å². The summed E-state index contributed by atoms with van der Waals surface area (Å²) in [7, 11) is 0. The average Bonchev–Trinajstić information content (AvgIpc) is 3.04. The molecule has 0 saturated carbocycles. The van der Waals surface area contributed by atoms with Crippen LogP contribution in [0.1, 0.15) is 96.8 Å². The second kappa shape index (κ2) is 17.0. The van der Waals surface area contributed by atoms with E-state index >= 15 is 0 Å². The fourth-order valence-corrected chi connectivity index (χ4v) is 4.11. The highest BCUT2D eigenvalue weighted by molar-refractivity contribution is 5.50. The molecule has 158 valence electrons. The summed E-state index contributed by atoms with van der Waals surface area (Å²) in [4.78, 5) is 23.7. The van der Waals surface area contributed by atoms with Crippen LogP contribution in [0.2, 0.25) is 0 Å². The normalized spacial score (nSPS) is 19.9. The fourth-order valence-electron chi connectivity index (χ4n) is 4.11. The van der Waals surface area contributed by atoms with Gasteiger partial charge in [0.15, 0.2) is 0 Å². The third-order valence-corrected chi connectivity index (χ3v) is 5.79. The number of carbonyl (C=O) groups excluding carboxylic acids is 2.